The number of hydrogen-bond acceptors (Lipinski definition) is 4. The molecule has 0 amide bonds. The second kappa shape index (κ2) is 7.29. The largest absolute Gasteiger partial charge is 0.493 e. The molecule has 0 bridgehead atoms. The van der Waals surface area contributed by atoms with Crippen LogP contribution in [-0.2, 0) is 0 Å². The summed E-state index contributed by atoms with van der Waals surface area (Å²) >= 11 is 12.3. The molecule has 0 radical (unpaired) electrons. The molecule has 1 heterocycles. The highest BCUT2D eigenvalue weighted by molar-refractivity contribution is 6.50. The summed E-state index contributed by atoms with van der Waals surface area (Å²) in [6.07, 6.45) is 1.53. The lowest BCUT2D eigenvalue weighted by Crippen LogP contribution is -2.04. The lowest BCUT2D eigenvalue weighted by atomic mass is 10.2. The minimum absolute atomic E-state index is 0.0343. The van der Waals surface area contributed by atoms with Crippen molar-refractivity contribution in [2.24, 2.45) is 0 Å². The quantitative estimate of drug-likeness (QED) is 0.554. The van der Waals surface area contributed by atoms with Crippen molar-refractivity contribution in [3.05, 3.63) is 52.9 Å². The van der Waals surface area contributed by atoms with Crippen LogP contribution in [0.2, 0.25) is 5.02 Å². The number of nitrogens with zero attached hydrogens (tertiary/aromatic N) is 1. The average Bonchev–Trinajstić information content (AvgIpc) is 3.01. The maximum Gasteiger partial charge on any atom is 0.387 e. The van der Waals surface area contributed by atoms with E-state index in [9.17, 15) is 8.78 Å². The zero-order chi connectivity index (χ0) is 18.0. The van der Waals surface area contributed by atoms with Crippen molar-refractivity contribution in [2.75, 3.05) is 7.11 Å². The molecule has 1 aromatic heterocycles. The lowest BCUT2D eigenvalue weighted by molar-refractivity contribution is -0.0511. The van der Waals surface area contributed by atoms with Crippen LogP contribution < -0.4 is 9.47 Å². The van der Waals surface area contributed by atoms with E-state index in [1.54, 1.807) is 12.1 Å². The molecule has 0 saturated carbocycles. The number of oxazole rings is 1. The third-order valence-corrected chi connectivity index (χ3v) is 3.80. The van der Waals surface area contributed by atoms with Gasteiger partial charge in [-0.2, -0.15) is 8.78 Å². The Morgan fingerprint density at radius 3 is 2.72 bits per heavy atom. The van der Waals surface area contributed by atoms with E-state index < -0.39 is 6.61 Å². The maximum absolute atomic E-state index is 12.5. The molecule has 0 aliphatic rings. The Bertz CT molecular complexity index is 908. The summed E-state index contributed by atoms with van der Waals surface area (Å²) in [5.41, 5.74) is 1.77. The lowest BCUT2D eigenvalue weighted by Gasteiger charge is -2.12. The molecule has 25 heavy (non-hydrogen) atoms. The van der Waals surface area contributed by atoms with E-state index in [1.165, 1.54) is 25.3 Å². The van der Waals surface area contributed by atoms with Crippen LogP contribution in [0.25, 0.3) is 22.2 Å². The molecule has 3 rings (SSSR count). The zero-order valence-corrected chi connectivity index (χ0v) is 14.3. The summed E-state index contributed by atoms with van der Waals surface area (Å²) in [6, 6.07) is 10.1. The van der Waals surface area contributed by atoms with Gasteiger partial charge in [-0.05, 0) is 35.9 Å². The van der Waals surface area contributed by atoms with Crippen molar-refractivity contribution in [1.82, 2.24) is 4.98 Å². The van der Waals surface area contributed by atoms with E-state index in [4.69, 9.17) is 32.4 Å². The first-order chi connectivity index (χ1) is 12.0. The van der Waals surface area contributed by atoms with Crippen molar-refractivity contribution in [3.63, 3.8) is 0 Å². The number of benzene rings is 2. The predicted molar refractivity (Wildman–Crippen MR) is 92.4 cm³/mol. The Kier molecular flexibility index (Phi) is 5.11. The Labute approximate surface area is 151 Å². The number of halogens is 4. The summed E-state index contributed by atoms with van der Waals surface area (Å²) < 4.78 is 39.9. The van der Waals surface area contributed by atoms with Crippen molar-refractivity contribution in [1.29, 1.82) is 0 Å². The van der Waals surface area contributed by atoms with Crippen LogP contribution in [0, 0.1) is 0 Å². The molecule has 0 N–H and O–H groups in total. The van der Waals surface area contributed by atoms with Crippen LogP contribution in [0.4, 0.5) is 8.78 Å². The van der Waals surface area contributed by atoms with E-state index in [2.05, 4.69) is 9.72 Å². The molecule has 0 unspecified atom stereocenters. The van der Waals surface area contributed by atoms with Crippen LogP contribution in [0.5, 0.6) is 11.5 Å². The number of hydrogen-bond donors (Lipinski definition) is 0. The highest BCUT2D eigenvalue weighted by Gasteiger charge is 2.16. The molecular weight excluding hydrogens is 375 g/mol. The van der Waals surface area contributed by atoms with Gasteiger partial charge in [0.05, 0.1) is 12.1 Å². The van der Waals surface area contributed by atoms with Crippen molar-refractivity contribution < 1.29 is 22.7 Å². The van der Waals surface area contributed by atoms with Crippen molar-refractivity contribution in [2.45, 2.75) is 6.61 Å². The van der Waals surface area contributed by atoms with Gasteiger partial charge in [-0.15, -0.1) is 0 Å². The van der Waals surface area contributed by atoms with Crippen LogP contribution in [0.15, 0.2) is 40.8 Å². The number of alkyl halides is 2. The predicted octanol–water partition coefficient (Wildman–Crippen LogP) is 5.83. The second-order valence-electron chi connectivity index (χ2n) is 4.89. The molecule has 2 aromatic carbocycles. The van der Waals surface area contributed by atoms with Crippen LogP contribution >= 0.6 is 23.2 Å². The third kappa shape index (κ3) is 3.86. The second-order valence-corrected chi connectivity index (χ2v) is 5.71. The SMILES string of the molecule is COc1cc(/C=C(\Cl)c2nc3ccccc3o2)cc(Cl)c1OC(F)F. The number of rotatable bonds is 5. The first kappa shape index (κ1) is 17.5. The minimum Gasteiger partial charge on any atom is -0.493 e. The molecule has 0 spiro atoms. The number of para-hydroxylation sites is 2. The highest BCUT2D eigenvalue weighted by Crippen LogP contribution is 2.38. The fourth-order valence-corrected chi connectivity index (χ4v) is 2.68. The Morgan fingerprint density at radius 2 is 2.04 bits per heavy atom. The molecule has 4 nitrogen and oxygen atoms in total. The third-order valence-electron chi connectivity index (χ3n) is 3.25. The molecular formula is C17H11Cl2F2NO3. The Morgan fingerprint density at radius 1 is 1.28 bits per heavy atom. The zero-order valence-electron chi connectivity index (χ0n) is 12.8. The highest BCUT2D eigenvalue weighted by atomic mass is 35.5. The van der Waals surface area contributed by atoms with Gasteiger partial charge in [0.1, 0.15) is 10.5 Å². The number of ether oxygens (including phenoxy) is 2. The summed E-state index contributed by atoms with van der Waals surface area (Å²) in [6.45, 7) is -3.02. The van der Waals surface area contributed by atoms with E-state index in [0.29, 0.717) is 16.7 Å². The van der Waals surface area contributed by atoms with Gasteiger partial charge in [-0.3, -0.25) is 0 Å². The number of methoxy groups -OCH3 is 1. The first-order valence-electron chi connectivity index (χ1n) is 7.03. The summed E-state index contributed by atoms with van der Waals surface area (Å²) in [5, 5.41) is 0.185. The molecule has 0 aliphatic heterocycles. The van der Waals surface area contributed by atoms with Gasteiger partial charge in [0.2, 0.25) is 5.89 Å². The first-order valence-corrected chi connectivity index (χ1v) is 7.79. The van der Waals surface area contributed by atoms with E-state index in [-0.39, 0.29) is 27.4 Å². The van der Waals surface area contributed by atoms with Gasteiger partial charge in [0, 0.05) is 0 Å². The Hall–Kier alpha value is -2.31. The van der Waals surface area contributed by atoms with Crippen LogP contribution in [-0.4, -0.2) is 18.7 Å². The molecule has 0 aliphatic carbocycles. The Balaban J connectivity index is 1.98. The van der Waals surface area contributed by atoms with Gasteiger partial charge < -0.3 is 13.9 Å². The summed E-state index contributed by atoms with van der Waals surface area (Å²) in [4.78, 5) is 4.28. The standard InChI is InChI=1S/C17H11Cl2F2NO3/c1-23-14-8-9(6-10(18)15(14)25-17(20)21)7-11(19)16-22-12-4-2-3-5-13(12)24-16/h2-8,17H,1H3/b11-7-. The minimum atomic E-state index is -3.02. The monoisotopic (exact) mass is 385 g/mol. The van der Waals surface area contributed by atoms with Crippen LogP contribution in [0.3, 0.4) is 0 Å². The number of aromatic nitrogens is 1. The molecule has 0 fully saturated rings. The molecule has 0 atom stereocenters. The van der Waals surface area contributed by atoms with E-state index in [0.717, 1.165) is 0 Å². The fourth-order valence-electron chi connectivity index (χ4n) is 2.21. The topological polar surface area (TPSA) is 44.5 Å². The van der Waals surface area contributed by atoms with Gasteiger partial charge in [-0.25, -0.2) is 4.98 Å². The van der Waals surface area contributed by atoms with Crippen molar-refractivity contribution >= 4 is 45.4 Å². The van der Waals surface area contributed by atoms with E-state index >= 15 is 0 Å². The van der Waals surface area contributed by atoms with Crippen LogP contribution in [0.1, 0.15) is 11.5 Å². The van der Waals surface area contributed by atoms with Crippen molar-refractivity contribution in [3.8, 4) is 11.5 Å². The van der Waals surface area contributed by atoms with Gasteiger partial charge in [0.25, 0.3) is 0 Å². The maximum atomic E-state index is 12.5. The summed E-state index contributed by atoms with van der Waals surface area (Å²) in [5.74, 6) is 0.0428. The number of fused-ring (bicyclic) bond motifs is 1. The normalized spacial score (nSPS) is 12.0. The van der Waals surface area contributed by atoms with E-state index in [1.807, 2.05) is 12.1 Å². The smallest absolute Gasteiger partial charge is 0.387 e. The van der Waals surface area contributed by atoms with Gasteiger partial charge in [-0.1, -0.05) is 35.3 Å². The fraction of sp³-hybridized carbons (Fsp3) is 0.118. The molecule has 8 heteroatoms. The summed E-state index contributed by atoms with van der Waals surface area (Å²) in [7, 11) is 1.32. The van der Waals surface area contributed by atoms with Gasteiger partial charge >= 0.3 is 6.61 Å². The average molecular weight is 386 g/mol. The molecule has 130 valence electrons. The molecule has 0 saturated heterocycles. The van der Waals surface area contributed by atoms with Gasteiger partial charge in [0.15, 0.2) is 17.1 Å². The molecule has 3 aromatic rings.